The molecule has 2 heterocycles. The van der Waals surface area contributed by atoms with E-state index < -0.39 is 11.4 Å². The molecule has 0 bridgehead atoms. The van der Waals surface area contributed by atoms with E-state index >= 15 is 0 Å². The van der Waals surface area contributed by atoms with Gasteiger partial charge >= 0.3 is 5.97 Å². The Morgan fingerprint density at radius 1 is 1.17 bits per heavy atom. The number of amides is 2. The average Bonchev–Trinajstić information content (AvgIpc) is 2.55. The first-order valence-electron chi connectivity index (χ1n) is 9.08. The number of likely N-dealkylation sites (tertiary alicyclic amines) is 2. The summed E-state index contributed by atoms with van der Waals surface area (Å²) in [7, 11) is 0. The minimum atomic E-state index is -0.860. The van der Waals surface area contributed by atoms with E-state index in [-0.39, 0.29) is 18.2 Å². The molecule has 0 aromatic rings. The molecule has 0 unspecified atom stereocenters. The first kappa shape index (κ1) is 18.7. The molecule has 0 aromatic heterocycles. The van der Waals surface area contributed by atoms with Crippen LogP contribution < -0.4 is 0 Å². The zero-order valence-electron chi connectivity index (χ0n) is 14.9. The lowest BCUT2D eigenvalue weighted by molar-refractivity contribution is -0.144. The lowest BCUT2D eigenvalue weighted by Gasteiger charge is -2.39. The molecule has 2 amide bonds. The fraction of sp³-hybridized carbons (Fsp3) is 0.833. The van der Waals surface area contributed by atoms with Crippen molar-refractivity contribution in [1.29, 1.82) is 0 Å². The number of aliphatic carboxylic acids is 1. The van der Waals surface area contributed by atoms with Crippen LogP contribution in [0.25, 0.3) is 0 Å². The Hall–Kier alpha value is -1.59. The van der Waals surface area contributed by atoms with Crippen molar-refractivity contribution < 1.29 is 19.5 Å². The molecule has 0 radical (unpaired) electrons. The molecular formula is C18H30N2O4. The third kappa shape index (κ3) is 4.95. The molecule has 0 aliphatic carbocycles. The van der Waals surface area contributed by atoms with Crippen molar-refractivity contribution >= 4 is 17.8 Å². The molecule has 24 heavy (non-hydrogen) atoms. The topological polar surface area (TPSA) is 77.9 Å². The van der Waals surface area contributed by atoms with Crippen LogP contribution in [0, 0.1) is 11.3 Å². The van der Waals surface area contributed by atoms with Crippen LogP contribution in [0.5, 0.6) is 0 Å². The first-order valence-corrected chi connectivity index (χ1v) is 9.08. The van der Waals surface area contributed by atoms with Gasteiger partial charge in [-0.3, -0.25) is 14.4 Å². The highest BCUT2D eigenvalue weighted by atomic mass is 16.4. The van der Waals surface area contributed by atoms with Gasteiger partial charge in [0.05, 0.1) is 0 Å². The average molecular weight is 338 g/mol. The summed E-state index contributed by atoms with van der Waals surface area (Å²) in [6.07, 6.45) is 5.01. The zero-order chi connectivity index (χ0) is 17.7. The molecule has 1 N–H and O–H groups in total. The molecule has 2 saturated heterocycles. The summed E-state index contributed by atoms with van der Waals surface area (Å²) < 4.78 is 0. The number of carbonyl (C=O) groups is 3. The van der Waals surface area contributed by atoms with Gasteiger partial charge in [-0.2, -0.15) is 0 Å². The fourth-order valence-corrected chi connectivity index (χ4v) is 3.64. The van der Waals surface area contributed by atoms with Gasteiger partial charge in [0, 0.05) is 44.4 Å². The van der Waals surface area contributed by atoms with Crippen LogP contribution in [0.1, 0.15) is 58.8 Å². The smallest absolute Gasteiger partial charge is 0.303 e. The van der Waals surface area contributed by atoms with Crippen molar-refractivity contribution in [2.24, 2.45) is 11.3 Å². The monoisotopic (exact) mass is 338 g/mol. The second-order valence-electron chi connectivity index (χ2n) is 7.81. The minimum Gasteiger partial charge on any atom is -0.481 e. The Morgan fingerprint density at radius 3 is 2.42 bits per heavy atom. The van der Waals surface area contributed by atoms with E-state index in [1.54, 1.807) is 0 Å². The van der Waals surface area contributed by atoms with E-state index in [1.807, 2.05) is 23.6 Å². The quantitative estimate of drug-likeness (QED) is 0.805. The zero-order valence-corrected chi connectivity index (χ0v) is 14.9. The van der Waals surface area contributed by atoms with Gasteiger partial charge in [-0.15, -0.1) is 0 Å². The van der Waals surface area contributed by atoms with Crippen LogP contribution in [0.2, 0.25) is 0 Å². The summed E-state index contributed by atoms with van der Waals surface area (Å²) in [6.45, 7) is 6.78. The van der Waals surface area contributed by atoms with Gasteiger partial charge in [0.1, 0.15) is 0 Å². The van der Waals surface area contributed by atoms with Gasteiger partial charge in [0.15, 0.2) is 0 Å². The highest BCUT2D eigenvalue weighted by Crippen LogP contribution is 2.29. The third-order valence-corrected chi connectivity index (χ3v) is 5.34. The largest absolute Gasteiger partial charge is 0.481 e. The highest BCUT2D eigenvalue weighted by molar-refractivity contribution is 5.82. The second kappa shape index (κ2) is 7.99. The molecule has 2 aliphatic heterocycles. The number of nitrogens with zero attached hydrogens (tertiary/aromatic N) is 2. The Morgan fingerprint density at radius 2 is 1.83 bits per heavy atom. The predicted molar refractivity (Wildman–Crippen MR) is 90.4 cm³/mol. The first-order chi connectivity index (χ1) is 11.3. The van der Waals surface area contributed by atoms with Crippen LogP contribution >= 0.6 is 0 Å². The molecule has 0 aromatic carbocycles. The Balaban J connectivity index is 1.80. The van der Waals surface area contributed by atoms with E-state index in [4.69, 9.17) is 5.11 Å². The molecule has 2 aliphatic rings. The van der Waals surface area contributed by atoms with Crippen LogP contribution in [-0.4, -0.2) is 58.9 Å². The fourth-order valence-electron chi connectivity index (χ4n) is 3.64. The molecule has 2 rings (SSSR count). The van der Waals surface area contributed by atoms with Gasteiger partial charge in [-0.25, -0.2) is 0 Å². The standard InChI is InChI=1S/C18H30N2O4/c1-18(2,9-6-16(22)23)17(24)19-11-7-14(8-12-19)13-20-10-4-3-5-15(20)21/h14H,3-13H2,1-2H3,(H,22,23). The summed E-state index contributed by atoms with van der Waals surface area (Å²) in [6, 6.07) is 0. The van der Waals surface area contributed by atoms with E-state index in [9.17, 15) is 14.4 Å². The maximum Gasteiger partial charge on any atom is 0.303 e. The molecule has 0 saturated carbocycles. The summed E-state index contributed by atoms with van der Waals surface area (Å²) in [5, 5.41) is 8.82. The van der Waals surface area contributed by atoms with Crippen molar-refractivity contribution in [2.75, 3.05) is 26.2 Å². The van der Waals surface area contributed by atoms with Crippen LogP contribution in [0.3, 0.4) is 0 Å². The molecule has 6 heteroatoms. The van der Waals surface area contributed by atoms with Crippen molar-refractivity contribution in [1.82, 2.24) is 9.80 Å². The van der Waals surface area contributed by atoms with Gasteiger partial charge in [0.2, 0.25) is 11.8 Å². The number of hydrogen-bond donors (Lipinski definition) is 1. The SMILES string of the molecule is CC(C)(CCC(=O)O)C(=O)N1CCC(CN2CCCCC2=O)CC1. The summed E-state index contributed by atoms with van der Waals surface area (Å²) in [5.74, 6) is -0.0650. The molecule has 0 spiro atoms. The molecule has 0 atom stereocenters. The highest BCUT2D eigenvalue weighted by Gasteiger charge is 2.34. The minimum absolute atomic E-state index is 0.0201. The van der Waals surface area contributed by atoms with Crippen LogP contribution in [-0.2, 0) is 14.4 Å². The van der Waals surface area contributed by atoms with Gasteiger partial charge in [0.25, 0.3) is 0 Å². The Labute approximate surface area is 144 Å². The van der Waals surface area contributed by atoms with Gasteiger partial charge < -0.3 is 14.9 Å². The lowest BCUT2D eigenvalue weighted by Crippen LogP contribution is -2.47. The Bertz CT molecular complexity index is 481. The summed E-state index contributed by atoms with van der Waals surface area (Å²) >= 11 is 0. The number of rotatable bonds is 6. The number of carboxylic acids is 1. The number of carbonyl (C=O) groups excluding carboxylic acids is 2. The third-order valence-electron chi connectivity index (χ3n) is 5.34. The summed E-state index contributed by atoms with van der Waals surface area (Å²) in [5.41, 5.74) is -0.631. The molecule has 6 nitrogen and oxygen atoms in total. The maximum atomic E-state index is 12.6. The van der Waals surface area contributed by atoms with Crippen molar-refractivity contribution in [3.63, 3.8) is 0 Å². The van der Waals surface area contributed by atoms with Crippen molar-refractivity contribution in [3.05, 3.63) is 0 Å². The Kier molecular flexibility index (Phi) is 6.24. The maximum absolute atomic E-state index is 12.6. The number of hydrogen-bond acceptors (Lipinski definition) is 3. The van der Waals surface area contributed by atoms with Gasteiger partial charge in [-0.05, 0) is 38.0 Å². The van der Waals surface area contributed by atoms with Crippen molar-refractivity contribution in [2.45, 2.75) is 58.8 Å². The van der Waals surface area contributed by atoms with Gasteiger partial charge in [-0.1, -0.05) is 13.8 Å². The summed E-state index contributed by atoms with van der Waals surface area (Å²) in [4.78, 5) is 39.2. The van der Waals surface area contributed by atoms with E-state index in [1.165, 1.54) is 0 Å². The number of piperidine rings is 2. The predicted octanol–water partition coefficient (Wildman–Crippen LogP) is 2.13. The van der Waals surface area contributed by atoms with Crippen LogP contribution in [0.4, 0.5) is 0 Å². The lowest BCUT2D eigenvalue weighted by atomic mass is 9.84. The normalized spacial score (nSPS) is 20.3. The van der Waals surface area contributed by atoms with E-state index in [0.717, 1.165) is 38.8 Å². The molecular weight excluding hydrogens is 308 g/mol. The number of carboxylic acid groups (broad SMARTS) is 1. The van der Waals surface area contributed by atoms with Crippen LogP contribution in [0.15, 0.2) is 0 Å². The molecule has 136 valence electrons. The van der Waals surface area contributed by atoms with E-state index in [2.05, 4.69) is 0 Å². The second-order valence-corrected chi connectivity index (χ2v) is 7.81. The van der Waals surface area contributed by atoms with E-state index in [0.29, 0.717) is 31.8 Å². The molecule has 2 fully saturated rings. The van der Waals surface area contributed by atoms with Crippen molar-refractivity contribution in [3.8, 4) is 0 Å².